The third kappa shape index (κ3) is 3.70. The van der Waals surface area contributed by atoms with Crippen LogP contribution in [-0.2, 0) is 10.0 Å². The van der Waals surface area contributed by atoms with Crippen molar-refractivity contribution in [1.82, 2.24) is 4.31 Å². The van der Waals surface area contributed by atoms with Gasteiger partial charge >= 0.3 is 0 Å². The Hall–Kier alpha value is -0.590. The molecule has 0 unspecified atom stereocenters. The maximum absolute atomic E-state index is 11.5. The molecule has 1 atom stereocenters. The minimum Gasteiger partial charge on any atom is -0.381 e. The van der Waals surface area contributed by atoms with Crippen molar-refractivity contribution in [2.24, 2.45) is 0 Å². The minimum atomic E-state index is -3.08. The topological polar surface area (TPSA) is 49.4 Å². The molecule has 1 saturated heterocycles. The van der Waals surface area contributed by atoms with Gasteiger partial charge in [0.2, 0.25) is 10.0 Å². The average molecular weight is 333 g/mol. The molecule has 4 nitrogen and oxygen atoms in total. The van der Waals surface area contributed by atoms with Crippen molar-refractivity contribution in [2.75, 3.05) is 24.7 Å². The Morgan fingerprint density at radius 1 is 1.44 bits per heavy atom. The van der Waals surface area contributed by atoms with Gasteiger partial charge in [-0.1, -0.05) is 22.0 Å². The zero-order chi connectivity index (χ0) is 13.2. The number of piperidine rings is 1. The second kappa shape index (κ2) is 5.59. The first-order valence-electron chi connectivity index (χ1n) is 5.92. The first-order chi connectivity index (χ1) is 8.45. The van der Waals surface area contributed by atoms with Gasteiger partial charge in [-0.3, -0.25) is 0 Å². The molecule has 0 bridgehead atoms. The number of hydrogen-bond acceptors (Lipinski definition) is 3. The van der Waals surface area contributed by atoms with E-state index < -0.39 is 10.0 Å². The Morgan fingerprint density at radius 2 is 2.22 bits per heavy atom. The van der Waals surface area contributed by atoms with Crippen LogP contribution in [0.2, 0.25) is 0 Å². The fourth-order valence-corrected chi connectivity index (χ4v) is 3.49. The summed E-state index contributed by atoms with van der Waals surface area (Å²) >= 11 is 3.42. The standard InChI is InChI=1S/C12H17BrN2O2S/c1-18(16,17)15-7-3-6-12(9-15)14-11-5-2-4-10(13)8-11/h2,4-5,8,12,14H,3,6-7,9H2,1H3/t12-/m0/s1. The molecule has 1 heterocycles. The summed E-state index contributed by atoms with van der Waals surface area (Å²) in [7, 11) is -3.08. The summed E-state index contributed by atoms with van der Waals surface area (Å²) in [5, 5.41) is 3.39. The van der Waals surface area contributed by atoms with E-state index in [1.165, 1.54) is 6.26 Å². The molecule has 6 heteroatoms. The van der Waals surface area contributed by atoms with E-state index in [-0.39, 0.29) is 6.04 Å². The smallest absolute Gasteiger partial charge is 0.211 e. The molecule has 1 aliphatic heterocycles. The first-order valence-corrected chi connectivity index (χ1v) is 8.56. The third-order valence-electron chi connectivity index (χ3n) is 3.05. The summed E-state index contributed by atoms with van der Waals surface area (Å²) in [6, 6.07) is 8.10. The van der Waals surface area contributed by atoms with Gasteiger partial charge in [0.05, 0.1) is 6.26 Å². The van der Waals surface area contributed by atoms with Crippen LogP contribution in [0.25, 0.3) is 0 Å². The third-order valence-corrected chi connectivity index (χ3v) is 4.81. The van der Waals surface area contributed by atoms with Crippen molar-refractivity contribution in [3.05, 3.63) is 28.7 Å². The summed E-state index contributed by atoms with van der Waals surface area (Å²) in [4.78, 5) is 0. The first kappa shape index (κ1) is 13.8. The predicted molar refractivity (Wildman–Crippen MR) is 77.2 cm³/mol. The number of rotatable bonds is 3. The van der Waals surface area contributed by atoms with Crippen molar-refractivity contribution in [3.63, 3.8) is 0 Å². The molecule has 1 aromatic carbocycles. The van der Waals surface area contributed by atoms with Gasteiger partial charge in [0, 0.05) is 29.3 Å². The van der Waals surface area contributed by atoms with Gasteiger partial charge in [0.25, 0.3) is 0 Å². The molecule has 0 amide bonds. The van der Waals surface area contributed by atoms with E-state index in [9.17, 15) is 8.42 Å². The highest BCUT2D eigenvalue weighted by Gasteiger charge is 2.25. The summed E-state index contributed by atoms with van der Waals surface area (Å²) in [6.45, 7) is 1.18. The fraction of sp³-hybridized carbons (Fsp3) is 0.500. The van der Waals surface area contributed by atoms with E-state index in [1.54, 1.807) is 4.31 Å². The second-order valence-corrected chi connectivity index (χ2v) is 7.51. The van der Waals surface area contributed by atoms with E-state index in [4.69, 9.17) is 0 Å². The van der Waals surface area contributed by atoms with Crippen LogP contribution in [0, 0.1) is 0 Å². The molecule has 0 aromatic heterocycles. The van der Waals surface area contributed by atoms with Crippen LogP contribution >= 0.6 is 15.9 Å². The number of nitrogens with zero attached hydrogens (tertiary/aromatic N) is 1. The summed E-state index contributed by atoms with van der Waals surface area (Å²) in [6.07, 6.45) is 3.17. The molecular formula is C12H17BrN2O2S. The number of nitrogens with one attached hydrogen (secondary N) is 1. The van der Waals surface area contributed by atoms with Gasteiger partial charge in [-0.15, -0.1) is 0 Å². The van der Waals surface area contributed by atoms with E-state index in [1.807, 2.05) is 24.3 Å². The molecule has 1 N–H and O–H groups in total. The lowest BCUT2D eigenvalue weighted by Gasteiger charge is -2.32. The fourth-order valence-electron chi connectivity index (χ4n) is 2.18. The van der Waals surface area contributed by atoms with E-state index >= 15 is 0 Å². The second-order valence-electron chi connectivity index (χ2n) is 4.61. The zero-order valence-electron chi connectivity index (χ0n) is 10.3. The Labute approximate surface area is 117 Å². The van der Waals surface area contributed by atoms with Gasteiger partial charge in [-0.25, -0.2) is 12.7 Å². The zero-order valence-corrected chi connectivity index (χ0v) is 12.7. The Bertz CT molecular complexity index is 519. The number of hydrogen-bond donors (Lipinski definition) is 1. The van der Waals surface area contributed by atoms with Crippen LogP contribution in [0.5, 0.6) is 0 Å². The minimum absolute atomic E-state index is 0.183. The van der Waals surface area contributed by atoms with Crippen LogP contribution in [-0.4, -0.2) is 38.1 Å². The van der Waals surface area contributed by atoms with Crippen molar-refractivity contribution in [3.8, 4) is 0 Å². The molecule has 2 rings (SSSR count). The van der Waals surface area contributed by atoms with E-state index in [0.29, 0.717) is 13.1 Å². The predicted octanol–water partition coefficient (Wildman–Crippen LogP) is 2.29. The molecule has 1 aliphatic rings. The highest BCUT2D eigenvalue weighted by molar-refractivity contribution is 9.10. The van der Waals surface area contributed by atoms with Crippen molar-refractivity contribution in [1.29, 1.82) is 0 Å². The Kier molecular flexibility index (Phi) is 4.29. The molecule has 1 aromatic rings. The van der Waals surface area contributed by atoms with Crippen molar-refractivity contribution >= 4 is 31.6 Å². The van der Waals surface area contributed by atoms with Gasteiger partial charge < -0.3 is 5.32 Å². The normalized spacial score (nSPS) is 21.8. The van der Waals surface area contributed by atoms with E-state index in [0.717, 1.165) is 23.0 Å². The van der Waals surface area contributed by atoms with Crippen LogP contribution in [0.3, 0.4) is 0 Å². The van der Waals surface area contributed by atoms with Gasteiger partial charge in [0.15, 0.2) is 0 Å². The van der Waals surface area contributed by atoms with Crippen LogP contribution < -0.4 is 5.32 Å². The lowest BCUT2D eigenvalue weighted by molar-refractivity contribution is 0.329. The van der Waals surface area contributed by atoms with Crippen molar-refractivity contribution in [2.45, 2.75) is 18.9 Å². The molecule has 100 valence electrons. The Balaban J connectivity index is 2.02. The highest BCUT2D eigenvalue weighted by Crippen LogP contribution is 2.20. The molecular weight excluding hydrogens is 316 g/mol. The number of sulfonamides is 1. The summed E-state index contributed by atoms with van der Waals surface area (Å²) in [5.41, 5.74) is 1.02. The number of anilines is 1. The van der Waals surface area contributed by atoms with Crippen LogP contribution in [0.1, 0.15) is 12.8 Å². The Morgan fingerprint density at radius 3 is 2.89 bits per heavy atom. The summed E-state index contributed by atoms with van der Waals surface area (Å²) in [5.74, 6) is 0. The van der Waals surface area contributed by atoms with Crippen molar-refractivity contribution < 1.29 is 8.42 Å². The van der Waals surface area contributed by atoms with Gasteiger partial charge in [-0.05, 0) is 31.0 Å². The summed E-state index contributed by atoms with van der Waals surface area (Å²) < 4.78 is 25.6. The van der Waals surface area contributed by atoms with Gasteiger partial charge in [-0.2, -0.15) is 0 Å². The van der Waals surface area contributed by atoms with Gasteiger partial charge in [0.1, 0.15) is 0 Å². The molecule has 1 fully saturated rings. The van der Waals surface area contributed by atoms with Crippen LogP contribution in [0.4, 0.5) is 5.69 Å². The largest absolute Gasteiger partial charge is 0.381 e. The molecule has 0 saturated carbocycles. The quantitative estimate of drug-likeness (QED) is 0.923. The average Bonchev–Trinajstić information content (AvgIpc) is 2.28. The monoisotopic (exact) mass is 332 g/mol. The number of benzene rings is 1. The van der Waals surface area contributed by atoms with E-state index in [2.05, 4.69) is 21.2 Å². The van der Waals surface area contributed by atoms with Crippen LogP contribution in [0.15, 0.2) is 28.7 Å². The highest BCUT2D eigenvalue weighted by atomic mass is 79.9. The number of halogens is 1. The lowest BCUT2D eigenvalue weighted by Crippen LogP contribution is -2.44. The molecule has 18 heavy (non-hydrogen) atoms. The molecule has 0 aliphatic carbocycles. The maximum atomic E-state index is 11.5. The SMILES string of the molecule is CS(=O)(=O)N1CCC[C@H](Nc2cccc(Br)c2)C1. The maximum Gasteiger partial charge on any atom is 0.211 e. The lowest BCUT2D eigenvalue weighted by atomic mass is 10.1. The molecule has 0 radical (unpaired) electrons. The molecule has 0 spiro atoms.